The number of carbonyl (C=O) groups is 2. The number of hydrogen-bond acceptors (Lipinski definition) is 5. The second-order valence-electron chi connectivity index (χ2n) is 7.55. The van der Waals surface area contributed by atoms with E-state index in [4.69, 9.17) is 0 Å². The van der Waals surface area contributed by atoms with Crippen LogP contribution in [0, 0.1) is 0 Å². The van der Waals surface area contributed by atoms with E-state index < -0.39 is 16.1 Å². The van der Waals surface area contributed by atoms with Crippen LogP contribution in [0.1, 0.15) is 31.9 Å². The van der Waals surface area contributed by atoms with Gasteiger partial charge in [-0.2, -0.15) is 4.31 Å². The Kier molecular flexibility index (Phi) is 7.63. The van der Waals surface area contributed by atoms with Gasteiger partial charge in [0.2, 0.25) is 21.8 Å². The molecule has 7 nitrogen and oxygen atoms in total. The summed E-state index contributed by atoms with van der Waals surface area (Å²) in [6, 6.07) is 11.9. The Morgan fingerprint density at radius 1 is 1.12 bits per heavy atom. The molecule has 0 unspecified atom stereocenters. The van der Waals surface area contributed by atoms with E-state index >= 15 is 0 Å². The van der Waals surface area contributed by atoms with Gasteiger partial charge in [-0.25, -0.2) is 8.42 Å². The van der Waals surface area contributed by atoms with E-state index in [-0.39, 0.29) is 23.1 Å². The number of hydrogen-bond donors (Lipinski definition) is 1. The van der Waals surface area contributed by atoms with Gasteiger partial charge in [-0.15, -0.1) is 11.8 Å². The topological polar surface area (TPSA) is 86.8 Å². The minimum absolute atomic E-state index is 0.179. The van der Waals surface area contributed by atoms with Crippen molar-refractivity contribution in [2.45, 2.75) is 49.6 Å². The fourth-order valence-corrected chi connectivity index (χ4v) is 5.87. The van der Waals surface area contributed by atoms with Crippen LogP contribution >= 0.6 is 11.8 Å². The summed E-state index contributed by atoms with van der Waals surface area (Å²) in [6.07, 6.45) is 2.28. The zero-order valence-electron chi connectivity index (χ0n) is 18.8. The average Bonchev–Trinajstić information content (AvgIpc) is 3.17. The largest absolute Gasteiger partial charge is 0.350 e. The lowest BCUT2D eigenvalue weighted by Gasteiger charge is -2.23. The van der Waals surface area contributed by atoms with Crippen LogP contribution in [-0.4, -0.2) is 49.9 Å². The molecule has 1 atom stereocenters. The highest BCUT2D eigenvalue weighted by molar-refractivity contribution is 7.98. The highest BCUT2D eigenvalue weighted by atomic mass is 32.2. The zero-order chi connectivity index (χ0) is 23.5. The van der Waals surface area contributed by atoms with Gasteiger partial charge in [-0.3, -0.25) is 14.5 Å². The molecule has 3 rings (SSSR count). The summed E-state index contributed by atoms with van der Waals surface area (Å²) in [6.45, 7) is 6.10. The first-order chi connectivity index (χ1) is 15.2. The number of rotatable bonds is 8. The Balaban J connectivity index is 1.81. The van der Waals surface area contributed by atoms with Crippen molar-refractivity contribution in [3.05, 3.63) is 53.6 Å². The monoisotopic (exact) mass is 475 g/mol. The normalized spacial score (nSPS) is 15.7. The molecule has 2 amide bonds. The molecule has 1 aliphatic rings. The van der Waals surface area contributed by atoms with Crippen molar-refractivity contribution in [1.82, 2.24) is 9.62 Å². The van der Waals surface area contributed by atoms with E-state index in [1.807, 2.05) is 30.5 Å². The quantitative estimate of drug-likeness (QED) is 0.593. The molecule has 0 fully saturated rings. The van der Waals surface area contributed by atoms with Crippen LogP contribution in [0.2, 0.25) is 0 Å². The Morgan fingerprint density at radius 2 is 1.78 bits per heavy atom. The van der Waals surface area contributed by atoms with Crippen molar-refractivity contribution in [3.63, 3.8) is 0 Å². The molecule has 0 radical (unpaired) electrons. The first-order valence-electron chi connectivity index (χ1n) is 10.6. The molecule has 0 saturated carbocycles. The molecule has 0 aromatic heterocycles. The van der Waals surface area contributed by atoms with E-state index in [9.17, 15) is 18.0 Å². The van der Waals surface area contributed by atoms with Crippen molar-refractivity contribution in [2.24, 2.45) is 0 Å². The highest BCUT2D eigenvalue weighted by Crippen LogP contribution is 2.35. The molecule has 0 aliphatic carbocycles. The van der Waals surface area contributed by atoms with Gasteiger partial charge < -0.3 is 5.32 Å². The fourth-order valence-electron chi connectivity index (χ4n) is 3.95. The van der Waals surface area contributed by atoms with Crippen LogP contribution in [0.15, 0.2) is 52.3 Å². The average molecular weight is 476 g/mol. The van der Waals surface area contributed by atoms with Crippen LogP contribution in [-0.2, 0) is 32.6 Å². The van der Waals surface area contributed by atoms with Gasteiger partial charge in [0.1, 0.15) is 6.04 Å². The van der Waals surface area contributed by atoms with Crippen molar-refractivity contribution >= 4 is 39.3 Å². The Morgan fingerprint density at radius 3 is 2.34 bits per heavy atom. The lowest BCUT2D eigenvalue weighted by Crippen LogP contribution is -2.47. The van der Waals surface area contributed by atoms with E-state index in [1.165, 1.54) is 22.2 Å². The number of carbonyl (C=O) groups excluding carboxylic acids is 2. The number of benzene rings is 2. The highest BCUT2D eigenvalue weighted by Gasteiger charge is 2.37. The van der Waals surface area contributed by atoms with Crippen molar-refractivity contribution in [3.8, 4) is 0 Å². The maximum Gasteiger partial charge on any atom is 0.243 e. The van der Waals surface area contributed by atoms with Gasteiger partial charge in [-0.1, -0.05) is 26.0 Å². The van der Waals surface area contributed by atoms with Crippen molar-refractivity contribution < 1.29 is 18.0 Å². The molecule has 0 saturated heterocycles. The second kappa shape index (κ2) is 10.1. The van der Waals surface area contributed by atoms with Crippen LogP contribution < -0.4 is 10.2 Å². The molecule has 1 N–H and O–H groups in total. The zero-order valence-corrected chi connectivity index (χ0v) is 20.4. The minimum Gasteiger partial charge on any atom is -0.350 e. The minimum atomic E-state index is -3.62. The van der Waals surface area contributed by atoms with Gasteiger partial charge in [0, 0.05) is 43.6 Å². The van der Waals surface area contributed by atoms with E-state index in [1.54, 1.807) is 37.7 Å². The van der Waals surface area contributed by atoms with Crippen LogP contribution in [0.4, 0.5) is 5.69 Å². The maximum atomic E-state index is 13.0. The molecule has 172 valence electrons. The Bertz CT molecular complexity index is 1100. The summed E-state index contributed by atoms with van der Waals surface area (Å²) in [5.74, 6) is -0.522. The van der Waals surface area contributed by atoms with Gasteiger partial charge in [0.25, 0.3) is 0 Å². The lowest BCUT2D eigenvalue weighted by atomic mass is 10.1. The predicted molar refractivity (Wildman–Crippen MR) is 127 cm³/mol. The first kappa shape index (κ1) is 24.3. The van der Waals surface area contributed by atoms with E-state index in [0.717, 1.165) is 10.5 Å². The summed E-state index contributed by atoms with van der Waals surface area (Å²) in [5.41, 5.74) is 2.23. The molecule has 1 heterocycles. The smallest absolute Gasteiger partial charge is 0.243 e. The fraction of sp³-hybridized carbons (Fsp3) is 0.391. The van der Waals surface area contributed by atoms with Gasteiger partial charge in [0.05, 0.1) is 4.90 Å². The summed E-state index contributed by atoms with van der Waals surface area (Å²) in [4.78, 5) is 28.1. The standard InChI is InChI=1S/C23H29N3O4S2/c1-5-25(6-2)32(29,30)20-11-12-21-18(13-20)14-22(26(21)16(3)27)23(28)24-15-17-7-9-19(31-4)10-8-17/h7-13,22H,5-6,14-15H2,1-4H3,(H,24,28)/t22-/m0/s1. The van der Waals surface area contributed by atoms with Gasteiger partial charge in [-0.05, 0) is 47.7 Å². The van der Waals surface area contributed by atoms with Crippen LogP contribution in [0.25, 0.3) is 0 Å². The predicted octanol–water partition coefficient (Wildman–Crippen LogP) is 3.03. The number of nitrogens with one attached hydrogen (secondary N) is 1. The van der Waals surface area contributed by atoms with Crippen LogP contribution in [0.5, 0.6) is 0 Å². The molecule has 32 heavy (non-hydrogen) atoms. The molecule has 2 aromatic rings. The first-order valence-corrected chi connectivity index (χ1v) is 13.2. The number of nitrogens with zero attached hydrogens (tertiary/aromatic N) is 2. The van der Waals surface area contributed by atoms with Crippen LogP contribution in [0.3, 0.4) is 0 Å². The molecule has 9 heteroatoms. The molecule has 0 spiro atoms. The number of anilines is 1. The van der Waals surface area contributed by atoms with Crippen molar-refractivity contribution in [1.29, 1.82) is 0 Å². The van der Waals surface area contributed by atoms with Gasteiger partial charge in [0.15, 0.2) is 0 Å². The Labute approximate surface area is 194 Å². The summed E-state index contributed by atoms with van der Waals surface area (Å²) in [7, 11) is -3.62. The molecular formula is C23H29N3O4S2. The molecule has 1 aliphatic heterocycles. The Hall–Kier alpha value is -2.36. The molecule has 2 aromatic carbocycles. The number of amides is 2. The third kappa shape index (κ3) is 4.84. The second-order valence-corrected chi connectivity index (χ2v) is 10.4. The van der Waals surface area contributed by atoms with Gasteiger partial charge >= 0.3 is 0 Å². The number of sulfonamides is 1. The molecular weight excluding hydrogens is 446 g/mol. The third-order valence-corrected chi connectivity index (χ3v) is 8.44. The summed E-state index contributed by atoms with van der Waals surface area (Å²) in [5, 5.41) is 2.91. The van der Waals surface area contributed by atoms with E-state index in [2.05, 4.69) is 5.32 Å². The summed E-state index contributed by atoms with van der Waals surface area (Å²) < 4.78 is 27.2. The maximum absolute atomic E-state index is 13.0. The lowest BCUT2D eigenvalue weighted by molar-refractivity contribution is -0.125. The van der Waals surface area contributed by atoms with E-state index in [0.29, 0.717) is 30.9 Å². The SMILES string of the molecule is CCN(CC)S(=O)(=O)c1ccc2c(c1)C[C@@H](C(=O)NCc1ccc(SC)cc1)N2C(C)=O. The van der Waals surface area contributed by atoms with Crippen molar-refractivity contribution in [2.75, 3.05) is 24.2 Å². The number of fused-ring (bicyclic) bond motifs is 1. The summed E-state index contributed by atoms with van der Waals surface area (Å²) >= 11 is 1.65. The third-order valence-electron chi connectivity index (χ3n) is 5.65. The number of thioether (sulfide) groups is 1. The molecule has 0 bridgehead atoms.